The molecule has 98 valence electrons. The van der Waals surface area contributed by atoms with Crippen LogP contribution in [0.3, 0.4) is 0 Å². The van der Waals surface area contributed by atoms with Crippen molar-refractivity contribution in [1.82, 2.24) is 4.90 Å². The van der Waals surface area contributed by atoms with Crippen molar-refractivity contribution >= 4 is 5.69 Å². The molecule has 1 aromatic carbocycles. The van der Waals surface area contributed by atoms with Gasteiger partial charge in [-0.25, -0.2) is 0 Å². The number of rotatable bonds is 5. The zero-order chi connectivity index (χ0) is 12.4. The second kappa shape index (κ2) is 5.31. The molecule has 2 nitrogen and oxygen atoms in total. The highest BCUT2D eigenvalue weighted by molar-refractivity contribution is 5.39. The molecular formula is C16H24N2. The Bertz CT molecular complexity index is 375. The molecule has 18 heavy (non-hydrogen) atoms. The van der Waals surface area contributed by atoms with Crippen molar-refractivity contribution in [2.75, 3.05) is 12.3 Å². The average Bonchev–Trinajstić information content (AvgIpc) is 3.10. The molecule has 1 aromatic rings. The van der Waals surface area contributed by atoms with E-state index in [9.17, 15) is 0 Å². The molecule has 0 spiro atoms. The Morgan fingerprint density at radius 3 is 2.28 bits per heavy atom. The molecule has 0 aromatic heterocycles. The highest BCUT2D eigenvalue weighted by atomic mass is 15.2. The summed E-state index contributed by atoms with van der Waals surface area (Å²) < 4.78 is 0. The third kappa shape index (κ3) is 3.05. The third-order valence-corrected chi connectivity index (χ3v) is 4.40. The number of nitrogens with zero attached hydrogens (tertiary/aromatic N) is 1. The van der Waals surface area contributed by atoms with Gasteiger partial charge < -0.3 is 5.73 Å². The van der Waals surface area contributed by atoms with Gasteiger partial charge in [0, 0.05) is 24.8 Å². The summed E-state index contributed by atoms with van der Waals surface area (Å²) in [7, 11) is 0. The molecule has 0 amide bonds. The molecule has 3 rings (SSSR count). The molecule has 0 atom stereocenters. The normalized spacial score (nSPS) is 20.7. The Balaban J connectivity index is 1.60. The summed E-state index contributed by atoms with van der Waals surface area (Å²) >= 11 is 0. The SMILES string of the molecule is Nc1ccc(CN(CC2CCCC2)C2CC2)cc1. The van der Waals surface area contributed by atoms with Crippen LogP contribution >= 0.6 is 0 Å². The Kier molecular flexibility index (Phi) is 3.55. The molecule has 0 bridgehead atoms. The van der Waals surface area contributed by atoms with Crippen LogP contribution in [0.2, 0.25) is 0 Å². The van der Waals surface area contributed by atoms with E-state index in [2.05, 4.69) is 17.0 Å². The zero-order valence-corrected chi connectivity index (χ0v) is 11.1. The highest BCUT2D eigenvalue weighted by Crippen LogP contribution is 2.33. The van der Waals surface area contributed by atoms with Gasteiger partial charge in [-0.2, -0.15) is 0 Å². The van der Waals surface area contributed by atoms with Crippen LogP contribution in [-0.4, -0.2) is 17.5 Å². The molecule has 0 heterocycles. The predicted octanol–water partition coefficient (Wildman–Crippen LogP) is 3.42. The van der Waals surface area contributed by atoms with Crippen molar-refractivity contribution < 1.29 is 0 Å². The van der Waals surface area contributed by atoms with E-state index in [0.717, 1.165) is 24.2 Å². The molecule has 0 radical (unpaired) electrons. The Labute approximate surface area is 110 Å². The third-order valence-electron chi connectivity index (χ3n) is 4.40. The molecular weight excluding hydrogens is 220 g/mol. The van der Waals surface area contributed by atoms with Gasteiger partial charge in [0.2, 0.25) is 0 Å². The first-order valence-corrected chi connectivity index (χ1v) is 7.40. The molecule has 2 N–H and O–H groups in total. The summed E-state index contributed by atoms with van der Waals surface area (Å²) in [6, 6.07) is 9.27. The van der Waals surface area contributed by atoms with Crippen molar-refractivity contribution in [3.63, 3.8) is 0 Å². The number of anilines is 1. The lowest BCUT2D eigenvalue weighted by molar-refractivity contribution is 0.214. The highest BCUT2D eigenvalue weighted by Gasteiger charge is 2.31. The van der Waals surface area contributed by atoms with Crippen LogP contribution in [-0.2, 0) is 6.54 Å². The number of hydrogen-bond donors (Lipinski definition) is 1. The lowest BCUT2D eigenvalue weighted by Crippen LogP contribution is -2.30. The minimum atomic E-state index is 0.864. The van der Waals surface area contributed by atoms with Gasteiger partial charge in [0.1, 0.15) is 0 Å². The number of benzene rings is 1. The van der Waals surface area contributed by atoms with Gasteiger partial charge in [0.25, 0.3) is 0 Å². The van der Waals surface area contributed by atoms with E-state index in [1.54, 1.807) is 0 Å². The fourth-order valence-electron chi connectivity index (χ4n) is 3.16. The average molecular weight is 244 g/mol. The smallest absolute Gasteiger partial charge is 0.0314 e. The number of hydrogen-bond acceptors (Lipinski definition) is 2. The molecule has 0 aliphatic heterocycles. The molecule has 0 saturated heterocycles. The molecule has 0 unspecified atom stereocenters. The minimum Gasteiger partial charge on any atom is -0.399 e. The molecule has 2 aliphatic carbocycles. The maximum atomic E-state index is 5.75. The van der Waals surface area contributed by atoms with Crippen LogP contribution in [0.15, 0.2) is 24.3 Å². The van der Waals surface area contributed by atoms with Crippen molar-refractivity contribution in [3.8, 4) is 0 Å². The van der Waals surface area contributed by atoms with Gasteiger partial charge in [0.05, 0.1) is 0 Å². The van der Waals surface area contributed by atoms with Gasteiger partial charge in [-0.05, 0) is 49.3 Å². The first-order valence-electron chi connectivity index (χ1n) is 7.40. The Morgan fingerprint density at radius 2 is 1.67 bits per heavy atom. The van der Waals surface area contributed by atoms with Crippen molar-refractivity contribution in [3.05, 3.63) is 29.8 Å². The van der Waals surface area contributed by atoms with Crippen LogP contribution in [0.25, 0.3) is 0 Å². The van der Waals surface area contributed by atoms with Crippen LogP contribution in [0.4, 0.5) is 5.69 Å². The van der Waals surface area contributed by atoms with E-state index in [4.69, 9.17) is 5.73 Å². The summed E-state index contributed by atoms with van der Waals surface area (Å²) in [5, 5.41) is 0. The van der Waals surface area contributed by atoms with E-state index in [1.807, 2.05) is 12.1 Å². The quantitative estimate of drug-likeness (QED) is 0.804. The van der Waals surface area contributed by atoms with E-state index < -0.39 is 0 Å². The molecule has 2 fully saturated rings. The number of nitrogens with two attached hydrogens (primary N) is 1. The van der Waals surface area contributed by atoms with Crippen LogP contribution < -0.4 is 5.73 Å². The van der Waals surface area contributed by atoms with Gasteiger partial charge in [-0.1, -0.05) is 25.0 Å². The van der Waals surface area contributed by atoms with Crippen LogP contribution in [0.1, 0.15) is 44.1 Å². The lowest BCUT2D eigenvalue weighted by Gasteiger charge is -2.25. The fraction of sp³-hybridized carbons (Fsp3) is 0.625. The maximum absolute atomic E-state index is 5.75. The zero-order valence-electron chi connectivity index (χ0n) is 11.1. The summed E-state index contributed by atoms with van der Waals surface area (Å²) in [6.45, 7) is 2.43. The van der Waals surface area contributed by atoms with Crippen LogP contribution in [0.5, 0.6) is 0 Å². The first kappa shape index (κ1) is 12.0. The Morgan fingerprint density at radius 1 is 1.00 bits per heavy atom. The van der Waals surface area contributed by atoms with Crippen molar-refractivity contribution in [2.24, 2.45) is 5.92 Å². The standard InChI is InChI=1S/C16H24N2/c17-15-7-5-14(6-8-15)12-18(16-9-10-16)11-13-3-1-2-4-13/h5-8,13,16H,1-4,9-12,17H2. The van der Waals surface area contributed by atoms with E-state index in [1.165, 1.54) is 50.6 Å². The van der Waals surface area contributed by atoms with Gasteiger partial charge in [-0.15, -0.1) is 0 Å². The van der Waals surface area contributed by atoms with E-state index >= 15 is 0 Å². The lowest BCUT2D eigenvalue weighted by atomic mass is 10.1. The molecule has 2 heteroatoms. The van der Waals surface area contributed by atoms with Crippen molar-refractivity contribution in [1.29, 1.82) is 0 Å². The second-order valence-electron chi connectivity index (χ2n) is 6.05. The summed E-state index contributed by atoms with van der Waals surface area (Å²) in [6.07, 6.45) is 8.61. The molecule has 2 saturated carbocycles. The van der Waals surface area contributed by atoms with Gasteiger partial charge >= 0.3 is 0 Å². The number of nitrogen functional groups attached to an aromatic ring is 1. The second-order valence-corrected chi connectivity index (χ2v) is 6.05. The maximum Gasteiger partial charge on any atom is 0.0314 e. The summed E-state index contributed by atoms with van der Waals surface area (Å²) in [5.74, 6) is 0.958. The van der Waals surface area contributed by atoms with Crippen molar-refractivity contribution in [2.45, 2.75) is 51.1 Å². The molecule has 2 aliphatic rings. The largest absolute Gasteiger partial charge is 0.399 e. The topological polar surface area (TPSA) is 29.3 Å². The Hall–Kier alpha value is -1.02. The van der Waals surface area contributed by atoms with Gasteiger partial charge in [-0.3, -0.25) is 4.90 Å². The van der Waals surface area contributed by atoms with E-state index in [-0.39, 0.29) is 0 Å². The first-order chi connectivity index (χ1) is 8.81. The fourth-order valence-corrected chi connectivity index (χ4v) is 3.16. The monoisotopic (exact) mass is 244 g/mol. The predicted molar refractivity (Wildman–Crippen MR) is 76.2 cm³/mol. The summed E-state index contributed by atoms with van der Waals surface area (Å²) in [5.41, 5.74) is 8.03. The minimum absolute atomic E-state index is 0.864. The van der Waals surface area contributed by atoms with Gasteiger partial charge in [0.15, 0.2) is 0 Å². The van der Waals surface area contributed by atoms with E-state index in [0.29, 0.717) is 0 Å². The van der Waals surface area contributed by atoms with Crippen LogP contribution in [0, 0.1) is 5.92 Å². The summed E-state index contributed by atoms with van der Waals surface area (Å²) in [4.78, 5) is 2.71.